The van der Waals surface area contributed by atoms with Gasteiger partial charge < -0.3 is 9.40 Å². The number of nitrogens with one attached hydrogen (secondary N) is 1. The van der Waals surface area contributed by atoms with Crippen LogP contribution in [-0.4, -0.2) is 19.5 Å². The predicted octanol–water partition coefficient (Wildman–Crippen LogP) is 2.69. The van der Waals surface area contributed by atoms with Crippen LogP contribution in [0.15, 0.2) is 28.9 Å². The Labute approximate surface area is 108 Å². The highest BCUT2D eigenvalue weighted by molar-refractivity contribution is 7.71. The molecule has 6 heteroatoms. The zero-order valence-electron chi connectivity index (χ0n) is 9.88. The van der Waals surface area contributed by atoms with Crippen LogP contribution in [0.2, 0.25) is 0 Å². The normalized spacial score (nSPS) is 11.2. The number of imidazole rings is 1. The first-order chi connectivity index (χ1) is 8.78. The zero-order valence-corrected chi connectivity index (χ0v) is 10.7. The molecule has 0 atom stereocenters. The van der Waals surface area contributed by atoms with Crippen LogP contribution in [0.4, 0.5) is 0 Å². The van der Waals surface area contributed by atoms with Crippen LogP contribution in [-0.2, 0) is 13.0 Å². The number of rotatable bonds is 3. The van der Waals surface area contributed by atoms with Crippen molar-refractivity contribution in [2.45, 2.75) is 19.9 Å². The van der Waals surface area contributed by atoms with Crippen LogP contribution in [0.1, 0.15) is 18.6 Å². The molecule has 92 valence electrons. The molecule has 1 N–H and O–H groups in total. The molecule has 3 aromatic heterocycles. The lowest BCUT2D eigenvalue weighted by molar-refractivity contribution is 0.447. The van der Waals surface area contributed by atoms with Crippen LogP contribution in [0.3, 0.4) is 0 Å². The molecule has 3 heterocycles. The van der Waals surface area contributed by atoms with Crippen LogP contribution in [0, 0.1) is 4.77 Å². The van der Waals surface area contributed by atoms with Gasteiger partial charge in [0, 0.05) is 12.6 Å². The molecule has 0 amide bonds. The summed E-state index contributed by atoms with van der Waals surface area (Å²) in [6.07, 6.45) is 4.33. The summed E-state index contributed by atoms with van der Waals surface area (Å²) in [5.41, 5.74) is 1.74. The third-order valence-electron chi connectivity index (χ3n) is 2.77. The van der Waals surface area contributed by atoms with Gasteiger partial charge in [0.1, 0.15) is 12.3 Å². The van der Waals surface area contributed by atoms with E-state index in [0.29, 0.717) is 17.2 Å². The molecule has 0 aromatic carbocycles. The highest BCUT2D eigenvalue weighted by Crippen LogP contribution is 2.13. The second-order valence-electron chi connectivity index (χ2n) is 3.96. The maximum atomic E-state index is 5.59. The molecular formula is C12H12N4OS. The number of oxazole rings is 1. The number of nitrogens with zero attached hydrogens (tertiary/aromatic N) is 3. The van der Waals surface area contributed by atoms with Gasteiger partial charge in [0.2, 0.25) is 5.89 Å². The lowest BCUT2D eigenvalue weighted by Crippen LogP contribution is -2.00. The van der Waals surface area contributed by atoms with Gasteiger partial charge in [-0.3, -0.25) is 4.57 Å². The lowest BCUT2D eigenvalue weighted by Gasteiger charge is -1.99. The van der Waals surface area contributed by atoms with Crippen molar-refractivity contribution < 1.29 is 4.42 Å². The summed E-state index contributed by atoms with van der Waals surface area (Å²) in [6, 6.07) is 3.82. The molecule has 0 aliphatic heterocycles. The van der Waals surface area contributed by atoms with Crippen molar-refractivity contribution >= 4 is 23.4 Å². The van der Waals surface area contributed by atoms with Gasteiger partial charge in [0.25, 0.3) is 0 Å². The van der Waals surface area contributed by atoms with Gasteiger partial charge in [0.05, 0.1) is 11.7 Å². The Morgan fingerprint density at radius 3 is 3.11 bits per heavy atom. The summed E-state index contributed by atoms with van der Waals surface area (Å²) in [7, 11) is 0. The van der Waals surface area contributed by atoms with Crippen molar-refractivity contribution in [1.29, 1.82) is 0 Å². The Balaban J connectivity index is 2.04. The summed E-state index contributed by atoms with van der Waals surface area (Å²) in [6.45, 7) is 2.53. The number of hydrogen-bond acceptors (Lipinski definition) is 4. The van der Waals surface area contributed by atoms with Crippen molar-refractivity contribution in [3.63, 3.8) is 0 Å². The van der Waals surface area contributed by atoms with E-state index in [2.05, 4.69) is 15.0 Å². The van der Waals surface area contributed by atoms with Crippen LogP contribution >= 0.6 is 12.2 Å². The van der Waals surface area contributed by atoms with Gasteiger partial charge in [-0.15, -0.1) is 0 Å². The maximum Gasteiger partial charge on any atom is 0.214 e. The Bertz CT molecular complexity index is 740. The monoisotopic (exact) mass is 260 g/mol. The number of fused-ring (bicyclic) bond motifs is 1. The first-order valence-electron chi connectivity index (χ1n) is 5.75. The van der Waals surface area contributed by atoms with E-state index in [4.69, 9.17) is 16.6 Å². The number of hydrogen-bond donors (Lipinski definition) is 1. The largest absolute Gasteiger partial charge is 0.444 e. The topological polar surface area (TPSA) is 59.6 Å². The fraction of sp³-hybridized carbons (Fsp3) is 0.250. The Hall–Kier alpha value is -1.95. The van der Waals surface area contributed by atoms with Gasteiger partial charge in [-0.05, 0) is 24.4 Å². The van der Waals surface area contributed by atoms with E-state index in [1.54, 1.807) is 12.4 Å². The highest BCUT2D eigenvalue weighted by Gasteiger charge is 2.09. The maximum absolute atomic E-state index is 5.59. The number of aromatic nitrogens is 4. The average molecular weight is 260 g/mol. The fourth-order valence-corrected chi connectivity index (χ4v) is 2.12. The smallest absolute Gasteiger partial charge is 0.214 e. The van der Waals surface area contributed by atoms with Gasteiger partial charge in [0.15, 0.2) is 10.4 Å². The molecule has 5 nitrogen and oxygen atoms in total. The highest BCUT2D eigenvalue weighted by atomic mass is 32.1. The Morgan fingerprint density at radius 1 is 1.44 bits per heavy atom. The predicted molar refractivity (Wildman–Crippen MR) is 69.9 cm³/mol. The Kier molecular flexibility index (Phi) is 2.71. The second-order valence-corrected chi connectivity index (χ2v) is 4.35. The number of aromatic amines is 1. The van der Waals surface area contributed by atoms with Gasteiger partial charge in [-0.2, -0.15) is 0 Å². The summed E-state index contributed by atoms with van der Waals surface area (Å²) in [5, 5.41) is 0. The van der Waals surface area contributed by atoms with Crippen molar-refractivity contribution in [2.24, 2.45) is 0 Å². The minimum Gasteiger partial charge on any atom is -0.444 e. The number of aryl methyl sites for hydroxylation is 1. The first-order valence-corrected chi connectivity index (χ1v) is 6.16. The van der Waals surface area contributed by atoms with E-state index >= 15 is 0 Å². The number of pyridine rings is 1. The average Bonchev–Trinajstić information content (AvgIpc) is 2.96. The molecule has 0 fully saturated rings. The zero-order chi connectivity index (χ0) is 12.5. The molecule has 0 spiro atoms. The third kappa shape index (κ3) is 1.84. The first kappa shape index (κ1) is 11.2. The van der Waals surface area contributed by atoms with Crippen LogP contribution < -0.4 is 0 Å². The molecule has 0 aliphatic rings. The van der Waals surface area contributed by atoms with Crippen LogP contribution in [0.5, 0.6) is 0 Å². The quantitative estimate of drug-likeness (QED) is 0.735. The summed E-state index contributed by atoms with van der Waals surface area (Å²) in [4.78, 5) is 11.7. The third-order valence-corrected chi connectivity index (χ3v) is 3.09. The van der Waals surface area contributed by atoms with E-state index in [9.17, 15) is 0 Å². The molecule has 0 aliphatic carbocycles. The lowest BCUT2D eigenvalue weighted by atomic mass is 10.4. The van der Waals surface area contributed by atoms with Gasteiger partial charge >= 0.3 is 0 Å². The molecular weight excluding hydrogens is 248 g/mol. The standard InChI is InChI=1S/C12H12N4OS/c1-2-8-6-14-10(17-8)7-16-11-9(15-12(16)18)4-3-5-13-11/h3-6H,2,7H2,1H3,(H,15,18). The molecule has 3 rings (SSSR count). The molecule has 3 aromatic rings. The summed E-state index contributed by atoms with van der Waals surface area (Å²) in [5.74, 6) is 1.53. The van der Waals surface area contributed by atoms with Crippen molar-refractivity contribution in [1.82, 2.24) is 19.5 Å². The summed E-state index contributed by atoms with van der Waals surface area (Å²) >= 11 is 5.29. The molecule has 0 unspecified atom stereocenters. The number of H-pyrrole nitrogens is 1. The van der Waals surface area contributed by atoms with Crippen molar-refractivity contribution in [2.75, 3.05) is 0 Å². The van der Waals surface area contributed by atoms with E-state index < -0.39 is 0 Å². The molecule has 0 saturated carbocycles. The van der Waals surface area contributed by atoms with Crippen molar-refractivity contribution in [3.05, 3.63) is 40.9 Å². The SMILES string of the molecule is CCc1cnc(Cn2c(=S)[nH]c3cccnc32)o1. The minimum absolute atomic E-state index is 0.496. The van der Waals surface area contributed by atoms with E-state index in [0.717, 1.165) is 23.3 Å². The molecule has 0 saturated heterocycles. The molecule has 0 bridgehead atoms. The van der Waals surface area contributed by atoms with E-state index in [1.807, 2.05) is 23.6 Å². The fourth-order valence-electron chi connectivity index (χ4n) is 1.86. The van der Waals surface area contributed by atoms with Crippen LogP contribution in [0.25, 0.3) is 11.2 Å². The van der Waals surface area contributed by atoms with Gasteiger partial charge in [-0.25, -0.2) is 9.97 Å². The second kappa shape index (κ2) is 4.38. The summed E-state index contributed by atoms with van der Waals surface area (Å²) < 4.78 is 8.10. The van der Waals surface area contributed by atoms with E-state index in [-0.39, 0.29) is 0 Å². The van der Waals surface area contributed by atoms with Crippen molar-refractivity contribution in [3.8, 4) is 0 Å². The minimum atomic E-state index is 0.496. The van der Waals surface area contributed by atoms with Gasteiger partial charge in [-0.1, -0.05) is 6.92 Å². The molecule has 0 radical (unpaired) electrons. The van der Waals surface area contributed by atoms with E-state index in [1.165, 1.54) is 0 Å². The molecule has 18 heavy (non-hydrogen) atoms. The Morgan fingerprint density at radius 2 is 2.33 bits per heavy atom.